The van der Waals surface area contributed by atoms with Gasteiger partial charge < -0.3 is 4.57 Å². The summed E-state index contributed by atoms with van der Waals surface area (Å²) < 4.78 is 15.3. The second-order valence-electron chi connectivity index (χ2n) is 6.24. The smallest absolute Gasteiger partial charge is 0.123 e. The summed E-state index contributed by atoms with van der Waals surface area (Å²) in [6, 6.07) is 14.9. The van der Waals surface area contributed by atoms with Gasteiger partial charge in [-0.05, 0) is 81.3 Å². The van der Waals surface area contributed by atoms with Crippen molar-refractivity contribution < 1.29 is 4.39 Å². The van der Waals surface area contributed by atoms with Gasteiger partial charge in [0.2, 0.25) is 0 Å². The van der Waals surface area contributed by atoms with Gasteiger partial charge in [0, 0.05) is 28.9 Å². The molecule has 0 bridgehead atoms. The SMILES string of the molecule is Cc1cc(C)cc(N=Cc2cc(C)n(-c3ccc(F)cc3)c2C)c1. The predicted molar refractivity (Wildman–Crippen MR) is 98.4 cm³/mol. The molecule has 0 radical (unpaired) electrons. The fraction of sp³-hybridized carbons (Fsp3) is 0.190. The molecular formula is C21H21FN2. The van der Waals surface area contributed by atoms with E-state index in [-0.39, 0.29) is 5.82 Å². The Hall–Kier alpha value is -2.68. The molecule has 2 aromatic carbocycles. The molecule has 3 aromatic rings. The highest BCUT2D eigenvalue weighted by Gasteiger charge is 2.09. The van der Waals surface area contributed by atoms with Crippen molar-refractivity contribution in [3.63, 3.8) is 0 Å². The van der Waals surface area contributed by atoms with E-state index in [9.17, 15) is 4.39 Å². The zero-order valence-corrected chi connectivity index (χ0v) is 14.5. The molecule has 0 saturated carbocycles. The van der Waals surface area contributed by atoms with Crippen molar-refractivity contribution >= 4 is 11.9 Å². The number of hydrogen-bond acceptors (Lipinski definition) is 1. The van der Waals surface area contributed by atoms with Crippen LogP contribution in [0.25, 0.3) is 5.69 Å². The number of aryl methyl sites for hydroxylation is 3. The topological polar surface area (TPSA) is 17.3 Å². The van der Waals surface area contributed by atoms with Gasteiger partial charge in [0.05, 0.1) is 5.69 Å². The Morgan fingerprint density at radius 2 is 1.50 bits per heavy atom. The monoisotopic (exact) mass is 320 g/mol. The molecule has 2 nitrogen and oxygen atoms in total. The Balaban J connectivity index is 1.97. The summed E-state index contributed by atoms with van der Waals surface area (Å²) in [7, 11) is 0. The molecule has 0 fully saturated rings. The highest BCUT2D eigenvalue weighted by Crippen LogP contribution is 2.22. The highest BCUT2D eigenvalue weighted by molar-refractivity contribution is 5.84. The molecule has 0 unspecified atom stereocenters. The van der Waals surface area contributed by atoms with E-state index < -0.39 is 0 Å². The number of aliphatic imine (C=N–C) groups is 1. The molecule has 1 heterocycles. The number of hydrogen-bond donors (Lipinski definition) is 0. The Bertz CT molecular complexity index is 882. The van der Waals surface area contributed by atoms with E-state index >= 15 is 0 Å². The minimum atomic E-state index is -0.224. The Morgan fingerprint density at radius 1 is 0.875 bits per heavy atom. The van der Waals surface area contributed by atoms with Gasteiger partial charge in [0.15, 0.2) is 0 Å². The number of nitrogens with zero attached hydrogens (tertiary/aromatic N) is 2. The first-order valence-corrected chi connectivity index (χ1v) is 8.01. The van der Waals surface area contributed by atoms with Gasteiger partial charge in [-0.3, -0.25) is 4.99 Å². The van der Waals surface area contributed by atoms with Gasteiger partial charge in [-0.2, -0.15) is 0 Å². The molecule has 0 aliphatic heterocycles. The maximum absolute atomic E-state index is 13.2. The van der Waals surface area contributed by atoms with Crippen LogP contribution in [0.1, 0.15) is 28.1 Å². The van der Waals surface area contributed by atoms with Crippen LogP contribution in [0.2, 0.25) is 0 Å². The second-order valence-corrected chi connectivity index (χ2v) is 6.24. The number of halogens is 1. The molecule has 0 aliphatic carbocycles. The zero-order chi connectivity index (χ0) is 17.3. The van der Waals surface area contributed by atoms with Crippen molar-refractivity contribution in [1.82, 2.24) is 4.57 Å². The summed E-state index contributed by atoms with van der Waals surface area (Å²) in [6.45, 7) is 8.25. The van der Waals surface area contributed by atoms with E-state index in [2.05, 4.69) is 54.6 Å². The van der Waals surface area contributed by atoms with Gasteiger partial charge >= 0.3 is 0 Å². The molecule has 0 N–H and O–H groups in total. The third kappa shape index (κ3) is 3.30. The fourth-order valence-corrected chi connectivity index (χ4v) is 3.08. The van der Waals surface area contributed by atoms with Crippen molar-refractivity contribution in [3.8, 4) is 5.69 Å². The minimum absolute atomic E-state index is 0.224. The van der Waals surface area contributed by atoms with Gasteiger partial charge in [0.1, 0.15) is 5.82 Å². The van der Waals surface area contributed by atoms with Gasteiger partial charge in [0.25, 0.3) is 0 Å². The molecular weight excluding hydrogens is 299 g/mol. The largest absolute Gasteiger partial charge is 0.318 e. The van der Waals surface area contributed by atoms with E-state index in [1.54, 1.807) is 12.1 Å². The van der Waals surface area contributed by atoms with Crippen molar-refractivity contribution in [2.45, 2.75) is 27.7 Å². The zero-order valence-electron chi connectivity index (χ0n) is 14.5. The van der Waals surface area contributed by atoms with E-state index in [1.165, 1.54) is 23.3 Å². The average molecular weight is 320 g/mol. The van der Waals surface area contributed by atoms with E-state index in [0.29, 0.717) is 0 Å². The summed E-state index contributed by atoms with van der Waals surface area (Å²) in [5.74, 6) is -0.224. The van der Waals surface area contributed by atoms with Crippen LogP contribution in [-0.2, 0) is 0 Å². The van der Waals surface area contributed by atoms with Crippen LogP contribution >= 0.6 is 0 Å². The maximum Gasteiger partial charge on any atom is 0.123 e. The van der Waals surface area contributed by atoms with E-state index in [4.69, 9.17) is 0 Å². The fourth-order valence-electron chi connectivity index (χ4n) is 3.08. The van der Waals surface area contributed by atoms with E-state index in [0.717, 1.165) is 28.3 Å². The molecule has 3 rings (SSSR count). The first kappa shape index (κ1) is 16.2. The second kappa shape index (κ2) is 6.44. The van der Waals surface area contributed by atoms with Gasteiger partial charge in [-0.25, -0.2) is 4.39 Å². The molecule has 0 spiro atoms. The standard InChI is InChI=1S/C21H21FN2/c1-14-9-15(2)11-20(10-14)23-13-18-12-16(3)24(17(18)4)21-7-5-19(22)6-8-21/h5-13H,1-4H3. The van der Waals surface area contributed by atoms with Crippen molar-refractivity contribution in [3.05, 3.63) is 82.4 Å². The predicted octanol–water partition coefficient (Wildman–Crippen LogP) is 5.60. The Morgan fingerprint density at radius 3 is 2.12 bits per heavy atom. The van der Waals surface area contributed by atoms with Crippen molar-refractivity contribution in [1.29, 1.82) is 0 Å². The lowest BCUT2D eigenvalue weighted by molar-refractivity contribution is 0.627. The maximum atomic E-state index is 13.2. The van der Waals surface area contributed by atoms with Crippen LogP contribution in [0, 0.1) is 33.5 Å². The quantitative estimate of drug-likeness (QED) is 0.559. The van der Waals surface area contributed by atoms with Crippen LogP contribution in [0.4, 0.5) is 10.1 Å². The van der Waals surface area contributed by atoms with Crippen LogP contribution in [0.3, 0.4) is 0 Å². The lowest BCUT2D eigenvalue weighted by Crippen LogP contribution is -1.99. The molecule has 0 amide bonds. The summed E-state index contributed by atoms with van der Waals surface area (Å²) in [6.07, 6.45) is 1.90. The number of rotatable bonds is 3. The molecule has 1 aromatic heterocycles. The lowest BCUT2D eigenvalue weighted by Gasteiger charge is -2.09. The van der Waals surface area contributed by atoms with Crippen LogP contribution < -0.4 is 0 Å². The first-order chi connectivity index (χ1) is 11.4. The third-order valence-electron chi connectivity index (χ3n) is 4.11. The average Bonchev–Trinajstić information content (AvgIpc) is 2.80. The molecule has 24 heavy (non-hydrogen) atoms. The van der Waals surface area contributed by atoms with Crippen molar-refractivity contribution in [2.75, 3.05) is 0 Å². The number of benzene rings is 2. The lowest BCUT2D eigenvalue weighted by atomic mass is 10.1. The van der Waals surface area contributed by atoms with Crippen LogP contribution in [0.15, 0.2) is 53.5 Å². The van der Waals surface area contributed by atoms with Crippen molar-refractivity contribution in [2.24, 2.45) is 4.99 Å². The normalized spacial score (nSPS) is 11.4. The Kier molecular flexibility index (Phi) is 4.34. The van der Waals surface area contributed by atoms with Crippen LogP contribution in [-0.4, -0.2) is 10.8 Å². The summed E-state index contributed by atoms with van der Waals surface area (Å²) >= 11 is 0. The molecule has 3 heteroatoms. The Labute approximate surface area is 142 Å². The third-order valence-corrected chi connectivity index (χ3v) is 4.11. The first-order valence-electron chi connectivity index (χ1n) is 8.01. The van der Waals surface area contributed by atoms with Gasteiger partial charge in [-0.1, -0.05) is 6.07 Å². The van der Waals surface area contributed by atoms with E-state index in [1.807, 2.05) is 13.1 Å². The summed E-state index contributed by atoms with van der Waals surface area (Å²) in [4.78, 5) is 4.62. The van der Waals surface area contributed by atoms with Crippen LogP contribution in [0.5, 0.6) is 0 Å². The minimum Gasteiger partial charge on any atom is -0.318 e. The molecule has 0 aliphatic rings. The molecule has 0 atom stereocenters. The molecule has 122 valence electrons. The number of aromatic nitrogens is 1. The summed E-state index contributed by atoms with van der Waals surface area (Å²) in [5.41, 5.74) is 7.58. The molecule has 0 saturated heterocycles. The highest BCUT2D eigenvalue weighted by atomic mass is 19.1. The van der Waals surface area contributed by atoms with Gasteiger partial charge in [-0.15, -0.1) is 0 Å². The summed E-state index contributed by atoms with van der Waals surface area (Å²) in [5, 5.41) is 0.